The number of thioether (sulfide) groups is 1. The lowest BCUT2D eigenvalue weighted by Crippen LogP contribution is -2.14. The third-order valence-electron chi connectivity index (χ3n) is 4.18. The molecule has 2 N–H and O–H groups in total. The molecule has 0 aliphatic heterocycles. The number of hydrogen-bond acceptors (Lipinski definition) is 6. The molecule has 0 spiro atoms. The van der Waals surface area contributed by atoms with Gasteiger partial charge in [-0.2, -0.15) is 0 Å². The van der Waals surface area contributed by atoms with E-state index in [0.717, 1.165) is 44.4 Å². The number of aryl methyl sites for hydroxylation is 2. The minimum atomic E-state index is -0.0379. The molecule has 3 aromatic heterocycles. The Labute approximate surface area is 164 Å². The van der Waals surface area contributed by atoms with E-state index in [1.165, 1.54) is 0 Å². The number of hydrogen-bond donors (Lipinski definition) is 2. The third kappa shape index (κ3) is 3.91. The molecule has 4 aromatic rings. The van der Waals surface area contributed by atoms with Crippen LogP contribution in [0, 0.1) is 13.8 Å². The summed E-state index contributed by atoms with van der Waals surface area (Å²) in [7, 11) is 0. The summed E-state index contributed by atoms with van der Waals surface area (Å²) in [5, 5.41) is 8.90. The van der Waals surface area contributed by atoms with Crippen LogP contribution in [0.4, 0.5) is 5.69 Å². The molecule has 6 nitrogen and oxygen atoms in total. The summed E-state index contributed by atoms with van der Waals surface area (Å²) in [5.74, 6) is 2.69. The van der Waals surface area contributed by atoms with E-state index in [4.69, 9.17) is 4.52 Å². The van der Waals surface area contributed by atoms with Crippen molar-refractivity contribution in [2.75, 3.05) is 11.1 Å². The zero-order valence-corrected chi connectivity index (χ0v) is 16.5. The van der Waals surface area contributed by atoms with E-state index in [-0.39, 0.29) is 5.91 Å². The summed E-state index contributed by atoms with van der Waals surface area (Å²) >= 11 is 3.18. The van der Waals surface area contributed by atoms with Crippen LogP contribution in [0.25, 0.3) is 21.7 Å². The van der Waals surface area contributed by atoms with E-state index in [1.807, 2.05) is 49.6 Å². The molecule has 0 atom stereocenters. The number of aromatic amines is 1. The molecule has 0 aliphatic carbocycles. The molecule has 3 heterocycles. The maximum atomic E-state index is 12.2. The number of benzene rings is 1. The predicted molar refractivity (Wildman–Crippen MR) is 110 cm³/mol. The summed E-state index contributed by atoms with van der Waals surface area (Å²) in [4.78, 5) is 21.2. The second kappa shape index (κ2) is 7.58. The quantitative estimate of drug-likeness (QED) is 0.489. The summed E-state index contributed by atoms with van der Waals surface area (Å²) in [6.45, 7) is 3.80. The lowest BCUT2D eigenvalue weighted by molar-refractivity contribution is -0.113. The molecule has 0 unspecified atom stereocenters. The summed E-state index contributed by atoms with van der Waals surface area (Å²) < 4.78 is 5.15. The fourth-order valence-corrected chi connectivity index (χ4v) is 4.41. The number of rotatable bonds is 6. The smallest absolute Gasteiger partial charge is 0.234 e. The number of anilines is 1. The molecule has 0 aliphatic rings. The summed E-state index contributed by atoms with van der Waals surface area (Å²) in [6, 6.07) is 9.73. The van der Waals surface area contributed by atoms with Gasteiger partial charge in [-0.15, -0.1) is 23.1 Å². The molecule has 138 valence electrons. The van der Waals surface area contributed by atoms with Crippen molar-refractivity contribution in [2.45, 2.75) is 19.6 Å². The molecule has 0 saturated carbocycles. The highest BCUT2D eigenvalue weighted by Gasteiger charge is 2.11. The number of nitrogens with zero attached hydrogens (tertiary/aromatic N) is 2. The zero-order chi connectivity index (χ0) is 18.8. The first-order chi connectivity index (χ1) is 13.1. The Morgan fingerprint density at radius 3 is 2.96 bits per heavy atom. The van der Waals surface area contributed by atoms with Crippen LogP contribution in [0.1, 0.15) is 17.0 Å². The van der Waals surface area contributed by atoms with Crippen molar-refractivity contribution in [2.24, 2.45) is 0 Å². The highest BCUT2D eigenvalue weighted by Crippen LogP contribution is 2.26. The van der Waals surface area contributed by atoms with Gasteiger partial charge in [0, 0.05) is 17.0 Å². The van der Waals surface area contributed by atoms with Crippen LogP contribution in [-0.4, -0.2) is 26.8 Å². The van der Waals surface area contributed by atoms with Gasteiger partial charge in [-0.25, -0.2) is 4.98 Å². The van der Waals surface area contributed by atoms with E-state index in [9.17, 15) is 4.79 Å². The Morgan fingerprint density at radius 1 is 1.33 bits per heavy atom. The first-order valence-corrected chi connectivity index (χ1v) is 10.5. The predicted octanol–water partition coefficient (Wildman–Crippen LogP) is 4.77. The summed E-state index contributed by atoms with van der Waals surface area (Å²) in [5.41, 5.74) is 4.48. The Bertz CT molecular complexity index is 1060. The van der Waals surface area contributed by atoms with Crippen LogP contribution < -0.4 is 5.32 Å². The molecule has 8 heteroatoms. The van der Waals surface area contributed by atoms with Gasteiger partial charge >= 0.3 is 0 Å². The first kappa shape index (κ1) is 17.8. The minimum Gasteiger partial charge on any atom is -0.361 e. The van der Waals surface area contributed by atoms with E-state index >= 15 is 0 Å². The van der Waals surface area contributed by atoms with Gasteiger partial charge in [0.1, 0.15) is 11.6 Å². The lowest BCUT2D eigenvalue weighted by atomic mass is 10.2. The van der Waals surface area contributed by atoms with Crippen molar-refractivity contribution in [1.82, 2.24) is 15.1 Å². The molecule has 4 rings (SSSR count). The number of carbonyl (C=O) groups excluding carboxylic acids is 1. The fraction of sp³-hybridized carbons (Fsp3) is 0.211. The average molecular weight is 399 g/mol. The fourth-order valence-electron chi connectivity index (χ4n) is 2.77. The van der Waals surface area contributed by atoms with E-state index in [2.05, 4.69) is 20.4 Å². The number of imidazole rings is 1. The third-order valence-corrected chi connectivity index (χ3v) is 6.02. The number of H-pyrrole nitrogens is 1. The highest BCUT2D eigenvalue weighted by molar-refractivity contribution is 7.99. The van der Waals surface area contributed by atoms with Gasteiger partial charge in [0.25, 0.3) is 0 Å². The number of nitrogens with one attached hydrogen (secondary N) is 2. The van der Waals surface area contributed by atoms with Crippen molar-refractivity contribution in [3.05, 3.63) is 52.7 Å². The standard InChI is InChI=1S/C19H18N4O2S2/c1-11-14(12(2)25-23-11)9-26-10-18(24)20-13-5-6-15-16(8-13)22-19(21-15)17-4-3-7-27-17/h3-8H,9-10H2,1-2H3,(H,20,24)(H,21,22). The Morgan fingerprint density at radius 2 is 2.22 bits per heavy atom. The molecule has 0 radical (unpaired) electrons. The maximum absolute atomic E-state index is 12.2. The van der Waals surface area contributed by atoms with Crippen LogP contribution >= 0.6 is 23.1 Å². The van der Waals surface area contributed by atoms with E-state index in [1.54, 1.807) is 23.1 Å². The SMILES string of the molecule is Cc1noc(C)c1CSCC(=O)Nc1ccc2nc(-c3cccs3)[nH]c2c1. The van der Waals surface area contributed by atoms with Gasteiger partial charge in [0.2, 0.25) is 5.91 Å². The number of amides is 1. The van der Waals surface area contributed by atoms with E-state index < -0.39 is 0 Å². The van der Waals surface area contributed by atoms with Gasteiger partial charge < -0.3 is 14.8 Å². The van der Waals surface area contributed by atoms with E-state index in [0.29, 0.717) is 11.5 Å². The van der Waals surface area contributed by atoms with Crippen LogP contribution in [-0.2, 0) is 10.5 Å². The molecule has 1 aromatic carbocycles. The Kier molecular flexibility index (Phi) is 5.00. The number of fused-ring (bicyclic) bond motifs is 1. The van der Waals surface area contributed by atoms with Gasteiger partial charge in [-0.05, 0) is 43.5 Å². The molecule has 0 saturated heterocycles. The molecule has 0 fully saturated rings. The van der Waals surface area contributed by atoms with Crippen molar-refractivity contribution < 1.29 is 9.32 Å². The van der Waals surface area contributed by atoms with Crippen molar-refractivity contribution in [3.63, 3.8) is 0 Å². The Hall–Kier alpha value is -2.58. The highest BCUT2D eigenvalue weighted by atomic mass is 32.2. The van der Waals surface area contributed by atoms with Crippen molar-refractivity contribution in [1.29, 1.82) is 0 Å². The van der Waals surface area contributed by atoms with Gasteiger partial charge in [-0.1, -0.05) is 11.2 Å². The summed E-state index contributed by atoms with van der Waals surface area (Å²) in [6.07, 6.45) is 0. The average Bonchev–Trinajstić information content (AvgIpc) is 3.37. The van der Waals surface area contributed by atoms with Gasteiger partial charge in [0.15, 0.2) is 0 Å². The zero-order valence-electron chi connectivity index (χ0n) is 14.9. The van der Waals surface area contributed by atoms with Gasteiger partial charge in [0.05, 0.1) is 27.4 Å². The van der Waals surface area contributed by atoms with Crippen molar-refractivity contribution >= 4 is 45.7 Å². The van der Waals surface area contributed by atoms with Crippen LogP contribution in [0.2, 0.25) is 0 Å². The molecule has 1 amide bonds. The number of carbonyl (C=O) groups is 1. The monoisotopic (exact) mass is 398 g/mol. The van der Waals surface area contributed by atoms with Crippen molar-refractivity contribution in [3.8, 4) is 10.7 Å². The molecule has 0 bridgehead atoms. The Balaban J connectivity index is 1.38. The second-order valence-electron chi connectivity index (χ2n) is 6.14. The van der Waals surface area contributed by atoms with Crippen LogP contribution in [0.15, 0.2) is 40.2 Å². The largest absolute Gasteiger partial charge is 0.361 e. The molecule has 27 heavy (non-hydrogen) atoms. The van der Waals surface area contributed by atoms with Gasteiger partial charge in [-0.3, -0.25) is 4.79 Å². The maximum Gasteiger partial charge on any atom is 0.234 e. The number of thiophene rings is 1. The molecular weight excluding hydrogens is 380 g/mol. The second-order valence-corrected chi connectivity index (χ2v) is 8.07. The normalized spacial score (nSPS) is 11.2. The lowest BCUT2D eigenvalue weighted by Gasteiger charge is -2.05. The first-order valence-electron chi connectivity index (χ1n) is 8.43. The minimum absolute atomic E-state index is 0.0379. The topological polar surface area (TPSA) is 83.8 Å². The molecular formula is C19H18N4O2S2. The van der Waals surface area contributed by atoms with Crippen LogP contribution in [0.3, 0.4) is 0 Å². The number of aromatic nitrogens is 3. The van der Waals surface area contributed by atoms with Crippen LogP contribution in [0.5, 0.6) is 0 Å².